The van der Waals surface area contributed by atoms with Crippen molar-refractivity contribution >= 4 is 32.0 Å². The van der Waals surface area contributed by atoms with Gasteiger partial charge in [0.05, 0.1) is 9.79 Å². The minimum absolute atomic E-state index is 0.0935. The number of aliphatic carboxylic acids is 2. The van der Waals surface area contributed by atoms with Crippen molar-refractivity contribution < 1.29 is 36.6 Å². The maximum absolute atomic E-state index is 12.9. The van der Waals surface area contributed by atoms with Crippen LogP contribution in [0.25, 0.3) is 0 Å². The highest BCUT2D eigenvalue weighted by Gasteiger charge is 2.29. The Morgan fingerprint density at radius 2 is 0.970 bits per heavy atom. The van der Waals surface area contributed by atoms with E-state index < -0.39 is 45.1 Å². The molecule has 180 valence electrons. The molecule has 0 radical (unpaired) electrons. The van der Waals surface area contributed by atoms with Gasteiger partial charge in [0.2, 0.25) is 20.0 Å². The van der Waals surface area contributed by atoms with Crippen LogP contribution in [0.2, 0.25) is 0 Å². The van der Waals surface area contributed by atoms with Crippen LogP contribution < -0.4 is 0 Å². The van der Waals surface area contributed by atoms with Crippen LogP contribution in [0.5, 0.6) is 0 Å². The summed E-state index contributed by atoms with van der Waals surface area (Å²) < 4.78 is 53.1. The first-order valence-corrected chi connectivity index (χ1v) is 12.8. The summed E-state index contributed by atoms with van der Waals surface area (Å²) >= 11 is 0. The van der Waals surface area contributed by atoms with Crippen molar-refractivity contribution in [1.29, 1.82) is 0 Å². The van der Waals surface area contributed by atoms with Crippen molar-refractivity contribution in [3.05, 3.63) is 59.7 Å². The topological polar surface area (TPSA) is 149 Å². The summed E-state index contributed by atoms with van der Waals surface area (Å²) in [6.45, 7) is 1.28. The molecule has 0 saturated heterocycles. The first-order chi connectivity index (χ1) is 15.3. The first kappa shape index (κ1) is 26.5. The van der Waals surface area contributed by atoms with E-state index in [-0.39, 0.29) is 29.3 Å². The molecule has 2 aromatic carbocycles. The van der Waals surface area contributed by atoms with Crippen LogP contribution in [0, 0.1) is 13.8 Å². The van der Waals surface area contributed by atoms with Gasteiger partial charge in [0.25, 0.3) is 0 Å². The number of carbonyl (C=O) groups is 2. The molecule has 0 spiro atoms. The molecule has 0 aromatic heterocycles. The van der Waals surface area contributed by atoms with Crippen LogP contribution in [0.4, 0.5) is 0 Å². The fraction of sp³-hybridized carbons (Fsp3) is 0.333. The molecule has 0 aliphatic carbocycles. The molecule has 12 heteroatoms. The largest absolute Gasteiger partial charge is 0.480 e. The standard InChI is InChI=1S/C21H26N2O8S2/c1-16-4-8-18(9-5-16)32(28,29)22(14-20(24)25)12-3-13-23(15-21(26)27)33(30,31)19-10-6-17(2)7-11-19/h4-11H,3,12-15H2,1-2H3,(H,24,25)(H,26,27). The lowest BCUT2D eigenvalue weighted by Crippen LogP contribution is -2.40. The molecule has 0 aliphatic rings. The average molecular weight is 499 g/mol. The number of hydrogen-bond donors (Lipinski definition) is 2. The van der Waals surface area contributed by atoms with E-state index in [2.05, 4.69) is 0 Å². The summed E-state index contributed by atoms with van der Waals surface area (Å²) in [4.78, 5) is 22.3. The Morgan fingerprint density at radius 1 is 0.667 bits per heavy atom. The van der Waals surface area contributed by atoms with Gasteiger partial charge in [0.15, 0.2) is 0 Å². The van der Waals surface area contributed by atoms with Gasteiger partial charge in [-0.1, -0.05) is 35.4 Å². The molecule has 0 aliphatic heterocycles. The highest BCUT2D eigenvalue weighted by Crippen LogP contribution is 2.19. The Hall–Kier alpha value is -2.80. The molecule has 33 heavy (non-hydrogen) atoms. The van der Waals surface area contributed by atoms with Gasteiger partial charge in [-0.3, -0.25) is 9.59 Å². The Bertz CT molecular complexity index is 1100. The monoisotopic (exact) mass is 498 g/mol. The van der Waals surface area contributed by atoms with Gasteiger partial charge >= 0.3 is 11.9 Å². The van der Waals surface area contributed by atoms with Crippen molar-refractivity contribution in [3.8, 4) is 0 Å². The number of nitrogens with zero attached hydrogens (tertiary/aromatic N) is 2. The van der Waals surface area contributed by atoms with Gasteiger partial charge < -0.3 is 10.2 Å². The molecule has 0 saturated carbocycles. The van der Waals surface area contributed by atoms with Crippen LogP contribution in [-0.2, 0) is 29.6 Å². The molecule has 2 rings (SSSR count). The molecular formula is C21H26N2O8S2. The maximum atomic E-state index is 12.9. The zero-order valence-electron chi connectivity index (χ0n) is 18.2. The lowest BCUT2D eigenvalue weighted by Gasteiger charge is -2.24. The Balaban J connectivity index is 2.24. The van der Waals surface area contributed by atoms with E-state index in [1.165, 1.54) is 24.3 Å². The Labute approximate surface area is 193 Å². The summed E-state index contributed by atoms with van der Waals surface area (Å²) in [6.07, 6.45) is -0.114. The molecule has 0 amide bonds. The third-order valence-electron chi connectivity index (χ3n) is 4.76. The average Bonchev–Trinajstić information content (AvgIpc) is 2.72. The molecule has 10 nitrogen and oxygen atoms in total. The zero-order valence-corrected chi connectivity index (χ0v) is 19.8. The van der Waals surface area contributed by atoms with Gasteiger partial charge in [-0.2, -0.15) is 8.61 Å². The van der Waals surface area contributed by atoms with E-state index in [0.29, 0.717) is 0 Å². The number of rotatable bonds is 12. The van der Waals surface area contributed by atoms with Crippen LogP contribution in [-0.4, -0.2) is 73.8 Å². The van der Waals surface area contributed by atoms with E-state index in [1.807, 2.05) is 0 Å². The molecule has 0 bridgehead atoms. The molecule has 2 aromatic rings. The van der Waals surface area contributed by atoms with Crippen LogP contribution in [0.1, 0.15) is 17.5 Å². The zero-order chi connectivity index (χ0) is 24.8. The van der Waals surface area contributed by atoms with Crippen molar-refractivity contribution in [2.75, 3.05) is 26.2 Å². The molecule has 0 fully saturated rings. The number of carboxylic acids is 2. The molecule has 0 heterocycles. The number of benzene rings is 2. The summed E-state index contributed by atoms with van der Waals surface area (Å²) in [7, 11) is -8.32. The third-order valence-corrected chi connectivity index (χ3v) is 8.47. The van der Waals surface area contributed by atoms with Gasteiger partial charge in [0.1, 0.15) is 13.1 Å². The van der Waals surface area contributed by atoms with Crippen LogP contribution in [0.15, 0.2) is 58.3 Å². The first-order valence-electron chi connectivity index (χ1n) is 9.91. The molecule has 0 atom stereocenters. The number of carboxylic acid groups (broad SMARTS) is 2. The van der Waals surface area contributed by atoms with Gasteiger partial charge in [-0.15, -0.1) is 0 Å². The normalized spacial score (nSPS) is 12.2. The fourth-order valence-electron chi connectivity index (χ4n) is 3.01. The van der Waals surface area contributed by atoms with Crippen LogP contribution in [0.3, 0.4) is 0 Å². The SMILES string of the molecule is Cc1ccc(S(=O)(=O)N(CCCN(CC(=O)O)S(=O)(=O)c2ccc(C)cc2)CC(=O)O)cc1. The quantitative estimate of drug-likeness (QED) is 0.448. The molecule has 0 unspecified atom stereocenters. The highest BCUT2D eigenvalue weighted by atomic mass is 32.2. The lowest BCUT2D eigenvalue weighted by molar-refractivity contribution is -0.138. The van der Waals surface area contributed by atoms with Gasteiger partial charge in [-0.25, -0.2) is 16.8 Å². The van der Waals surface area contributed by atoms with Gasteiger partial charge in [0, 0.05) is 13.1 Å². The maximum Gasteiger partial charge on any atom is 0.318 e. The third kappa shape index (κ3) is 7.09. The van der Waals surface area contributed by atoms with Crippen molar-refractivity contribution in [1.82, 2.24) is 8.61 Å². The van der Waals surface area contributed by atoms with E-state index in [0.717, 1.165) is 19.7 Å². The van der Waals surface area contributed by atoms with E-state index in [1.54, 1.807) is 38.1 Å². The minimum atomic E-state index is -4.16. The molecular weight excluding hydrogens is 472 g/mol. The van der Waals surface area contributed by atoms with E-state index in [4.69, 9.17) is 0 Å². The lowest BCUT2D eigenvalue weighted by atomic mass is 10.2. The van der Waals surface area contributed by atoms with Crippen LogP contribution >= 0.6 is 0 Å². The van der Waals surface area contributed by atoms with E-state index >= 15 is 0 Å². The Kier molecular flexibility index (Phi) is 8.72. The summed E-state index contributed by atoms with van der Waals surface area (Å²) in [6, 6.07) is 11.7. The minimum Gasteiger partial charge on any atom is -0.480 e. The van der Waals surface area contributed by atoms with Crippen molar-refractivity contribution in [3.63, 3.8) is 0 Å². The second-order valence-electron chi connectivity index (χ2n) is 7.44. The molecule has 2 N–H and O–H groups in total. The second kappa shape index (κ2) is 10.9. The summed E-state index contributed by atoms with van der Waals surface area (Å²) in [5.74, 6) is -2.75. The van der Waals surface area contributed by atoms with Gasteiger partial charge in [-0.05, 0) is 44.5 Å². The second-order valence-corrected chi connectivity index (χ2v) is 11.3. The number of hydrogen-bond acceptors (Lipinski definition) is 6. The Morgan fingerprint density at radius 3 is 1.24 bits per heavy atom. The summed E-state index contributed by atoms with van der Waals surface area (Å²) in [5, 5.41) is 18.4. The smallest absolute Gasteiger partial charge is 0.318 e. The van der Waals surface area contributed by atoms with E-state index in [9.17, 15) is 36.6 Å². The summed E-state index contributed by atoms with van der Waals surface area (Å²) in [5.41, 5.74) is 1.65. The van der Waals surface area contributed by atoms with Crippen molar-refractivity contribution in [2.45, 2.75) is 30.1 Å². The predicted molar refractivity (Wildman–Crippen MR) is 120 cm³/mol. The van der Waals surface area contributed by atoms with Crippen molar-refractivity contribution in [2.24, 2.45) is 0 Å². The fourth-order valence-corrected chi connectivity index (χ4v) is 5.87. The number of aryl methyl sites for hydroxylation is 2. The predicted octanol–water partition coefficient (Wildman–Crippen LogP) is 1.54. The highest BCUT2D eigenvalue weighted by molar-refractivity contribution is 7.89. The number of sulfonamides is 2.